The van der Waals surface area contributed by atoms with Crippen LogP contribution in [0.5, 0.6) is 0 Å². The van der Waals surface area contributed by atoms with Crippen molar-refractivity contribution in [3.05, 3.63) is 50.8 Å². The summed E-state index contributed by atoms with van der Waals surface area (Å²) in [6.07, 6.45) is 1.58. The molecule has 0 atom stereocenters. The third-order valence-corrected chi connectivity index (χ3v) is 3.17. The number of rotatable bonds is 2. The van der Waals surface area contributed by atoms with Crippen LogP contribution in [0, 0.1) is 3.57 Å². The highest BCUT2D eigenvalue weighted by Gasteiger charge is 2.09. The molecule has 2 rings (SSSR count). The Morgan fingerprint density at radius 3 is 2.75 bits per heavy atom. The average Bonchev–Trinajstić information content (AvgIpc) is 2.68. The molecule has 0 unspecified atom stereocenters. The van der Waals surface area contributed by atoms with Crippen molar-refractivity contribution in [3.8, 4) is 0 Å². The zero-order valence-corrected chi connectivity index (χ0v) is 11.0. The minimum atomic E-state index is -0.198. The van der Waals surface area contributed by atoms with Gasteiger partial charge in [-0.25, -0.2) is 0 Å². The van der Waals surface area contributed by atoms with E-state index in [2.05, 4.69) is 32.9 Å². The Kier molecular flexibility index (Phi) is 3.50. The summed E-state index contributed by atoms with van der Waals surface area (Å²) in [5.41, 5.74) is 1.24. The van der Waals surface area contributed by atoms with Gasteiger partial charge < -0.3 is 10.3 Å². The summed E-state index contributed by atoms with van der Waals surface area (Å²) in [6, 6.07) is 9.16. The lowest BCUT2D eigenvalue weighted by Gasteiger charge is -2.05. The highest BCUT2D eigenvalue weighted by Crippen LogP contribution is 2.18. The van der Waals surface area contributed by atoms with Crippen LogP contribution in [0.3, 0.4) is 0 Å². The van der Waals surface area contributed by atoms with Crippen molar-refractivity contribution in [2.75, 3.05) is 5.32 Å². The summed E-state index contributed by atoms with van der Waals surface area (Å²) in [7, 11) is 0. The molecule has 1 heterocycles. The van der Waals surface area contributed by atoms with Gasteiger partial charge in [-0.3, -0.25) is 4.79 Å². The van der Waals surface area contributed by atoms with E-state index in [-0.39, 0.29) is 5.91 Å². The number of halogens is 2. The minimum absolute atomic E-state index is 0.198. The largest absolute Gasteiger partial charge is 0.356 e. The van der Waals surface area contributed by atoms with Crippen LogP contribution in [0.25, 0.3) is 0 Å². The molecule has 0 fully saturated rings. The van der Waals surface area contributed by atoms with Crippen LogP contribution in [-0.4, -0.2) is 10.9 Å². The maximum absolute atomic E-state index is 11.8. The number of H-pyrrole nitrogens is 1. The lowest BCUT2D eigenvalue weighted by atomic mass is 10.3. The fourth-order valence-electron chi connectivity index (χ4n) is 1.25. The van der Waals surface area contributed by atoms with Gasteiger partial charge in [-0.15, -0.1) is 0 Å². The Morgan fingerprint density at radius 1 is 1.38 bits per heavy atom. The molecular weight excluding hydrogens is 338 g/mol. The van der Waals surface area contributed by atoms with Crippen molar-refractivity contribution in [3.63, 3.8) is 0 Å². The standard InChI is InChI=1S/C11H8ClIN2O/c12-7-5-10(14-6-7)11(16)15-9-4-2-1-3-8(9)13/h1-6,14H,(H,15,16). The van der Waals surface area contributed by atoms with Crippen molar-refractivity contribution in [1.82, 2.24) is 4.98 Å². The molecule has 16 heavy (non-hydrogen) atoms. The van der Waals surface area contributed by atoms with Crippen LogP contribution in [0.2, 0.25) is 5.02 Å². The number of anilines is 1. The molecule has 1 aromatic carbocycles. The summed E-state index contributed by atoms with van der Waals surface area (Å²) in [6.45, 7) is 0. The van der Waals surface area contributed by atoms with Gasteiger partial charge in [0.2, 0.25) is 0 Å². The molecule has 0 aliphatic rings. The lowest BCUT2D eigenvalue weighted by molar-refractivity contribution is 0.102. The normalized spacial score (nSPS) is 10.1. The first-order chi connectivity index (χ1) is 7.66. The van der Waals surface area contributed by atoms with Gasteiger partial charge in [0.15, 0.2) is 0 Å². The summed E-state index contributed by atoms with van der Waals surface area (Å²) in [4.78, 5) is 14.6. The maximum Gasteiger partial charge on any atom is 0.272 e. The molecule has 2 aromatic rings. The van der Waals surface area contributed by atoms with E-state index in [0.717, 1.165) is 9.26 Å². The van der Waals surface area contributed by atoms with Crippen molar-refractivity contribution < 1.29 is 4.79 Å². The molecule has 2 N–H and O–H groups in total. The van der Waals surface area contributed by atoms with Gasteiger partial charge in [0.05, 0.1) is 10.7 Å². The minimum Gasteiger partial charge on any atom is -0.356 e. The fraction of sp³-hybridized carbons (Fsp3) is 0. The van der Waals surface area contributed by atoms with Gasteiger partial charge in [0.1, 0.15) is 5.69 Å². The number of hydrogen-bond donors (Lipinski definition) is 2. The Morgan fingerprint density at radius 2 is 2.12 bits per heavy atom. The van der Waals surface area contributed by atoms with Gasteiger partial charge in [-0.2, -0.15) is 0 Å². The monoisotopic (exact) mass is 346 g/mol. The van der Waals surface area contributed by atoms with Gasteiger partial charge in [0, 0.05) is 9.77 Å². The number of nitrogens with one attached hydrogen (secondary N) is 2. The number of hydrogen-bond acceptors (Lipinski definition) is 1. The summed E-state index contributed by atoms with van der Waals surface area (Å²) >= 11 is 7.89. The van der Waals surface area contributed by atoms with Crippen LogP contribution >= 0.6 is 34.2 Å². The smallest absolute Gasteiger partial charge is 0.272 e. The van der Waals surface area contributed by atoms with Crippen LogP contribution in [0.4, 0.5) is 5.69 Å². The predicted octanol–water partition coefficient (Wildman–Crippen LogP) is 3.53. The topological polar surface area (TPSA) is 44.9 Å². The number of benzene rings is 1. The zero-order valence-electron chi connectivity index (χ0n) is 8.13. The summed E-state index contributed by atoms with van der Waals surface area (Å²) in [5, 5.41) is 3.32. The molecular formula is C11H8ClIN2O. The SMILES string of the molecule is O=C(Nc1ccccc1I)c1cc(Cl)c[nH]1. The third-order valence-electron chi connectivity index (χ3n) is 2.01. The fourth-order valence-corrected chi connectivity index (χ4v) is 1.94. The molecule has 0 bridgehead atoms. The highest BCUT2D eigenvalue weighted by molar-refractivity contribution is 14.1. The summed E-state index contributed by atoms with van der Waals surface area (Å²) in [5.74, 6) is -0.198. The first-order valence-corrected chi connectivity index (χ1v) is 6.02. The Balaban J connectivity index is 2.17. The van der Waals surface area contributed by atoms with E-state index in [4.69, 9.17) is 11.6 Å². The number of aromatic amines is 1. The molecule has 0 saturated carbocycles. The van der Waals surface area contributed by atoms with Gasteiger partial charge in [-0.05, 0) is 40.8 Å². The van der Waals surface area contributed by atoms with E-state index >= 15 is 0 Å². The summed E-state index contributed by atoms with van der Waals surface area (Å²) < 4.78 is 0.992. The van der Waals surface area contributed by atoms with Crippen molar-refractivity contribution in [1.29, 1.82) is 0 Å². The van der Waals surface area contributed by atoms with Crippen LogP contribution in [0.15, 0.2) is 36.5 Å². The average molecular weight is 347 g/mol. The molecule has 0 spiro atoms. The van der Waals surface area contributed by atoms with Crippen molar-refractivity contribution in [2.45, 2.75) is 0 Å². The van der Waals surface area contributed by atoms with Gasteiger partial charge >= 0.3 is 0 Å². The van der Waals surface area contributed by atoms with Crippen molar-refractivity contribution >= 4 is 45.8 Å². The molecule has 82 valence electrons. The Labute approximate surface area is 111 Å². The lowest BCUT2D eigenvalue weighted by Crippen LogP contribution is -2.12. The molecule has 1 aromatic heterocycles. The number of amides is 1. The maximum atomic E-state index is 11.8. The van der Waals surface area contributed by atoms with Crippen LogP contribution in [-0.2, 0) is 0 Å². The van der Waals surface area contributed by atoms with Gasteiger partial charge in [-0.1, -0.05) is 23.7 Å². The van der Waals surface area contributed by atoms with E-state index in [9.17, 15) is 4.79 Å². The highest BCUT2D eigenvalue weighted by atomic mass is 127. The molecule has 5 heteroatoms. The molecule has 0 radical (unpaired) electrons. The van der Waals surface area contributed by atoms with E-state index in [1.54, 1.807) is 12.3 Å². The van der Waals surface area contributed by atoms with E-state index in [1.807, 2.05) is 24.3 Å². The molecule has 0 saturated heterocycles. The van der Waals surface area contributed by atoms with Crippen LogP contribution in [0.1, 0.15) is 10.5 Å². The zero-order chi connectivity index (χ0) is 11.5. The number of para-hydroxylation sites is 1. The molecule has 0 aliphatic carbocycles. The first-order valence-electron chi connectivity index (χ1n) is 4.56. The van der Waals surface area contributed by atoms with E-state index in [1.165, 1.54) is 0 Å². The first kappa shape index (κ1) is 11.5. The second-order valence-corrected chi connectivity index (χ2v) is 4.76. The quantitative estimate of drug-likeness (QED) is 0.803. The number of aromatic nitrogens is 1. The van der Waals surface area contributed by atoms with Gasteiger partial charge in [0.25, 0.3) is 5.91 Å². The molecule has 1 amide bonds. The number of carbonyl (C=O) groups excluding carboxylic acids is 1. The predicted molar refractivity (Wildman–Crippen MR) is 72.9 cm³/mol. The second-order valence-electron chi connectivity index (χ2n) is 3.17. The number of carbonyl (C=O) groups is 1. The Bertz CT molecular complexity index is 524. The van der Waals surface area contributed by atoms with Crippen LogP contribution < -0.4 is 5.32 Å². The third kappa shape index (κ3) is 2.56. The van der Waals surface area contributed by atoms with E-state index in [0.29, 0.717) is 10.7 Å². The van der Waals surface area contributed by atoms with Crippen molar-refractivity contribution in [2.24, 2.45) is 0 Å². The second kappa shape index (κ2) is 4.88. The Hall–Kier alpha value is -1.01. The molecule has 3 nitrogen and oxygen atoms in total. The molecule has 0 aliphatic heterocycles. The van der Waals surface area contributed by atoms with E-state index < -0.39 is 0 Å².